The summed E-state index contributed by atoms with van der Waals surface area (Å²) < 4.78 is 14.1. The zero-order chi connectivity index (χ0) is 34.4. The first kappa shape index (κ1) is 47.5. The van der Waals surface area contributed by atoms with Crippen molar-refractivity contribution in [1.29, 1.82) is 0 Å². The standard InChI is InChI=1S/C20H25F.C6H10O.C6H14.C4H10.C3H6.C2H6/c1-5-16-8-7-15(3)19(13-16)18-11-9-17(10-12-18)14-20(4,21)6-2;1-4-5(2)6(3)7;1-3-5-6-4-2;1-4(2)3;1-3-2;1-2/h7-13H,5-6,14H2,1-4H3;4H,1-3H3;3-6H2,1-2H3;4H,1-3H3;3H,1H2,2H3;1-2H3/b;5-4+;;;;. The molecule has 0 aliphatic carbocycles. The molecule has 2 aromatic carbocycles. The summed E-state index contributed by atoms with van der Waals surface area (Å²) in [4.78, 5) is 10.3. The van der Waals surface area contributed by atoms with Gasteiger partial charge in [-0.25, -0.2) is 4.39 Å². The van der Waals surface area contributed by atoms with E-state index in [1.807, 2.05) is 47.6 Å². The minimum absolute atomic E-state index is 0.155. The number of alkyl halides is 1. The number of carbonyl (C=O) groups is 1. The Kier molecular flexibility index (Phi) is 34.2. The van der Waals surface area contributed by atoms with E-state index in [1.54, 1.807) is 19.9 Å². The predicted octanol–water partition coefficient (Wildman–Crippen LogP) is 13.9. The van der Waals surface area contributed by atoms with Gasteiger partial charge in [-0.3, -0.25) is 4.79 Å². The molecule has 2 aromatic rings. The van der Waals surface area contributed by atoms with Crippen LogP contribution in [0.15, 0.2) is 66.8 Å². The molecule has 2 rings (SSSR count). The van der Waals surface area contributed by atoms with Crippen molar-refractivity contribution in [1.82, 2.24) is 0 Å². The van der Waals surface area contributed by atoms with Crippen molar-refractivity contribution in [3.05, 3.63) is 83.5 Å². The zero-order valence-electron chi connectivity index (χ0n) is 31.2. The third-order valence-corrected chi connectivity index (χ3v) is 6.23. The van der Waals surface area contributed by atoms with Crippen molar-refractivity contribution in [2.75, 3.05) is 0 Å². The summed E-state index contributed by atoms with van der Waals surface area (Å²) in [6.07, 6.45) is 11.2. The number of Topliss-reactive ketones (excluding diaryl/α,β-unsaturated/α-hetero) is 1. The SMILES string of the molecule is C/C=C(\C)C(C)=O.C=CC.CC.CC(C)C.CCCCCC.CCc1ccc(C)c(-c2ccc(CC(C)(F)CC)cc2)c1. The lowest BCUT2D eigenvalue weighted by molar-refractivity contribution is -0.113. The highest BCUT2D eigenvalue weighted by molar-refractivity contribution is 5.92. The molecule has 0 heterocycles. The summed E-state index contributed by atoms with van der Waals surface area (Å²) in [6, 6.07) is 15.0. The van der Waals surface area contributed by atoms with Gasteiger partial charge in [0.2, 0.25) is 0 Å². The Morgan fingerprint density at radius 2 is 1.30 bits per heavy atom. The van der Waals surface area contributed by atoms with Crippen molar-refractivity contribution in [2.24, 2.45) is 5.92 Å². The van der Waals surface area contributed by atoms with Crippen LogP contribution in [-0.2, 0) is 17.6 Å². The molecule has 0 amide bonds. The lowest BCUT2D eigenvalue weighted by Crippen LogP contribution is -2.19. The second-order valence-electron chi connectivity index (χ2n) is 11.5. The second kappa shape index (κ2) is 31.0. The first-order chi connectivity index (χ1) is 20.2. The molecule has 248 valence electrons. The number of unbranched alkanes of at least 4 members (excludes halogenated alkanes) is 3. The Balaban J connectivity index is -0.000000283. The molecule has 0 aliphatic rings. The molecule has 0 bridgehead atoms. The van der Waals surface area contributed by atoms with Crippen LogP contribution in [0.25, 0.3) is 11.1 Å². The molecular weight excluding hydrogens is 527 g/mol. The first-order valence-electron chi connectivity index (χ1n) is 16.8. The van der Waals surface area contributed by atoms with E-state index in [2.05, 4.69) is 97.5 Å². The largest absolute Gasteiger partial charge is 0.295 e. The third-order valence-electron chi connectivity index (χ3n) is 6.23. The fourth-order valence-corrected chi connectivity index (χ4v) is 3.26. The van der Waals surface area contributed by atoms with Crippen LogP contribution in [0, 0.1) is 12.8 Å². The minimum atomic E-state index is -1.11. The Hall–Kier alpha value is -2.48. The maximum atomic E-state index is 14.1. The average molecular weight is 599 g/mol. The molecule has 0 saturated heterocycles. The van der Waals surface area contributed by atoms with Gasteiger partial charge < -0.3 is 0 Å². The zero-order valence-corrected chi connectivity index (χ0v) is 31.2. The summed E-state index contributed by atoms with van der Waals surface area (Å²) in [5, 5.41) is 0. The van der Waals surface area contributed by atoms with Gasteiger partial charge in [0.05, 0.1) is 0 Å². The molecule has 1 atom stereocenters. The Labute approximate surface area is 269 Å². The number of halogens is 1. The quantitative estimate of drug-likeness (QED) is 0.159. The second-order valence-corrected chi connectivity index (χ2v) is 11.5. The molecule has 0 aliphatic heterocycles. The van der Waals surface area contributed by atoms with Crippen LogP contribution in [0.4, 0.5) is 4.39 Å². The van der Waals surface area contributed by atoms with Crippen LogP contribution in [0.1, 0.15) is 146 Å². The van der Waals surface area contributed by atoms with E-state index in [0.717, 1.165) is 23.5 Å². The lowest BCUT2D eigenvalue weighted by Gasteiger charge is -2.18. The normalized spacial score (nSPS) is 11.2. The number of hydrogen-bond acceptors (Lipinski definition) is 1. The molecule has 1 nitrogen and oxygen atoms in total. The van der Waals surface area contributed by atoms with Gasteiger partial charge in [0.25, 0.3) is 0 Å². The number of ketones is 1. The molecule has 0 fully saturated rings. The molecule has 0 N–H and O–H groups in total. The van der Waals surface area contributed by atoms with E-state index in [9.17, 15) is 9.18 Å². The van der Waals surface area contributed by atoms with Gasteiger partial charge >= 0.3 is 0 Å². The number of allylic oxidation sites excluding steroid dienone is 3. The van der Waals surface area contributed by atoms with Crippen LogP contribution < -0.4 is 0 Å². The number of hydrogen-bond donors (Lipinski definition) is 0. The van der Waals surface area contributed by atoms with Crippen molar-refractivity contribution in [2.45, 2.75) is 154 Å². The van der Waals surface area contributed by atoms with Crippen molar-refractivity contribution in [3.8, 4) is 11.1 Å². The number of carbonyl (C=O) groups excluding carboxylic acids is 1. The highest BCUT2D eigenvalue weighted by atomic mass is 19.1. The summed E-state index contributed by atoms with van der Waals surface area (Å²) in [7, 11) is 0. The summed E-state index contributed by atoms with van der Waals surface area (Å²) in [5.74, 6) is 0.988. The van der Waals surface area contributed by atoms with Gasteiger partial charge in [-0.2, -0.15) is 0 Å². The average Bonchev–Trinajstić information content (AvgIpc) is 2.98. The van der Waals surface area contributed by atoms with Gasteiger partial charge in [-0.1, -0.05) is 143 Å². The monoisotopic (exact) mass is 599 g/mol. The van der Waals surface area contributed by atoms with Gasteiger partial charge in [0.1, 0.15) is 5.67 Å². The Morgan fingerprint density at radius 1 is 0.884 bits per heavy atom. The van der Waals surface area contributed by atoms with E-state index in [0.29, 0.717) is 12.8 Å². The van der Waals surface area contributed by atoms with Crippen LogP contribution in [0.2, 0.25) is 0 Å². The van der Waals surface area contributed by atoms with Crippen LogP contribution in [0.3, 0.4) is 0 Å². The molecular formula is C41H71FO. The van der Waals surface area contributed by atoms with Crippen molar-refractivity contribution >= 4 is 5.78 Å². The minimum Gasteiger partial charge on any atom is -0.295 e. The molecule has 1 unspecified atom stereocenters. The fourth-order valence-electron chi connectivity index (χ4n) is 3.26. The predicted molar refractivity (Wildman–Crippen MR) is 197 cm³/mol. The Bertz CT molecular complexity index is 941. The maximum absolute atomic E-state index is 14.1. The van der Waals surface area contributed by atoms with Crippen LogP contribution in [0.5, 0.6) is 0 Å². The van der Waals surface area contributed by atoms with E-state index < -0.39 is 5.67 Å². The lowest BCUT2D eigenvalue weighted by atomic mass is 9.93. The molecule has 43 heavy (non-hydrogen) atoms. The number of rotatable bonds is 9. The summed E-state index contributed by atoms with van der Waals surface area (Å²) >= 11 is 0. The number of benzene rings is 2. The van der Waals surface area contributed by atoms with E-state index in [-0.39, 0.29) is 5.78 Å². The molecule has 0 saturated carbocycles. The van der Waals surface area contributed by atoms with Gasteiger partial charge in [-0.15, -0.1) is 6.58 Å². The molecule has 0 aromatic heterocycles. The first-order valence-corrected chi connectivity index (χ1v) is 16.8. The highest BCUT2D eigenvalue weighted by Gasteiger charge is 2.20. The Morgan fingerprint density at radius 3 is 1.60 bits per heavy atom. The topological polar surface area (TPSA) is 17.1 Å². The fraction of sp³-hybridized carbons (Fsp3) is 0.585. The van der Waals surface area contributed by atoms with E-state index >= 15 is 0 Å². The van der Waals surface area contributed by atoms with Gasteiger partial charge in [-0.05, 0) is 93.7 Å². The smallest absolute Gasteiger partial charge is 0.155 e. The van der Waals surface area contributed by atoms with E-state index in [4.69, 9.17) is 0 Å². The summed E-state index contributed by atoms with van der Waals surface area (Å²) in [5.41, 5.74) is 5.91. The van der Waals surface area contributed by atoms with Crippen LogP contribution >= 0.6 is 0 Å². The van der Waals surface area contributed by atoms with Crippen molar-refractivity contribution < 1.29 is 9.18 Å². The molecule has 0 spiro atoms. The highest BCUT2D eigenvalue weighted by Crippen LogP contribution is 2.27. The molecule has 2 heteroatoms. The summed E-state index contributed by atoms with van der Waals surface area (Å²) in [6.45, 7) is 33.3. The maximum Gasteiger partial charge on any atom is 0.155 e. The van der Waals surface area contributed by atoms with Gasteiger partial charge in [0, 0.05) is 6.42 Å². The van der Waals surface area contributed by atoms with Crippen LogP contribution in [-0.4, -0.2) is 11.5 Å². The molecule has 0 radical (unpaired) electrons. The van der Waals surface area contributed by atoms with E-state index in [1.165, 1.54) is 47.9 Å². The van der Waals surface area contributed by atoms with Gasteiger partial charge in [0.15, 0.2) is 5.78 Å². The third kappa shape index (κ3) is 29.4. The van der Waals surface area contributed by atoms with Crippen molar-refractivity contribution in [3.63, 3.8) is 0 Å². The number of aryl methyl sites for hydroxylation is 2.